The van der Waals surface area contributed by atoms with Gasteiger partial charge in [-0.1, -0.05) is 19.9 Å². The van der Waals surface area contributed by atoms with E-state index in [1.807, 2.05) is 0 Å². The lowest BCUT2D eigenvalue weighted by atomic mass is 10.0. The summed E-state index contributed by atoms with van der Waals surface area (Å²) in [6.45, 7) is 8.62. The van der Waals surface area contributed by atoms with Gasteiger partial charge in [-0.3, -0.25) is 14.7 Å². The number of nitrogens with zero attached hydrogens (tertiary/aromatic N) is 2. The van der Waals surface area contributed by atoms with Crippen LogP contribution < -0.4 is 11.1 Å². The number of rotatable bonds is 10. The van der Waals surface area contributed by atoms with Gasteiger partial charge in [-0.15, -0.1) is 0 Å². The summed E-state index contributed by atoms with van der Waals surface area (Å²) in [6.07, 6.45) is 2.09. The van der Waals surface area contributed by atoms with Crippen molar-refractivity contribution in [3.05, 3.63) is 11.8 Å². The van der Waals surface area contributed by atoms with Crippen LogP contribution in [0.4, 0.5) is 0 Å². The van der Waals surface area contributed by atoms with Gasteiger partial charge in [-0.2, -0.15) is 0 Å². The Morgan fingerprint density at radius 2 is 2.27 bits per heavy atom. The Morgan fingerprint density at radius 3 is 2.86 bits per heavy atom. The highest BCUT2D eigenvalue weighted by molar-refractivity contribution is 5.88. The fourth-order valence-electron chi connectivity index (χ4n) is 2.31. The molecule has 7 nitrogen and oxygen atoms in total. The number of aliphatic imine (C=N–C) groups is 1. The molecule has 0 radical (unpaired) electrons. The van der Waals surface area contributed by atoms with Crippen LogP contribution in [0.25, 0.3) is 0 Å². The molecule has 5 N–H and O–H groups in total. The van der Waals surface area contributed by atoms with Gasteiger partial charge < -0.3 is 21.3 Å². The molecule has 0 aromatic heterocycles. The molecule has 0 aliphatic carbocycles. The number of carboxylic acids is 1. The molecule has 0 saturated heterocycles. The van der Waals surface area contributed by atoms with Gasteiger partial charge in [0.15, 0.2) is 0 Å². The van der Waals surface area contributed by atoms with E-state index in [1.165, 1.54) is 0 Å². The summed E-state index contributed by atoms with van der Waals surface area (Å²) in [7, 11) is 0. The van der Waals surface area contributed by atoms with E-state index in [9.17, 15) is 9.90 Å². The Balaban J connectivity index is 2.63. The van der Waals surface area contributed by atoms with Crippen molar-refractivity contribution in [3.63, 3.8) is 0 Å². The van der Waals surface area contributed by atoms with Crippen molar-refractivity contribution in [2.24, 2.45) is 10.7 Å². The topological polar surface area (TPSA) is 111 Å². The van der Waals surface area contributed by atoms with Crippen LogP contribution in [0.3, 0.4) is 0 Å². The molecule has 1 heterocycles. The molecule has 2 atom stereocenters. The molecule has 22 heavy (non-hydrogen) atoms. The van der Waals surface area contributed by atoms with E-state index in [1.54, 1.807) is 6.08 Å². The van der Waals surface area contributed by atoms with Crippen molar-refractivity contribution in [2.45, 2.75) is 38.8 Å². The second-order valence-corrected chi connectivity index (χ2v) is 5.38. The minimum Gasteiger partial charge on any atom is -0.480 e. The van der Waals surface area contributed by atoms with Crippen molar-refractivity contribution in [2.75, 3.05) is 32.7 Å². The second-order valence-electron chi connectivity index (χ2n) is 5.38. The highest BCUT2D eigenvalue weighted by atomic mass is 16.4. The second kappa shape index (κ2) is 9.68. The minimum absolute atomic E-state index is 0.374. The smallest absolute Gasteiger partial charge is 0.323 e. The normalized spacial score (nSPS) is 17.9. The Labute approximate surface area is 131 Å². The maximum atomic E-state index is 10.9. The largest absolute Gasteiger partial charge is 0.480 e. The fourth-order valence-corrected chi connectivity index (χ4v) is 2.31. The first-order valence-corrected chi connectivity index (χ1v) is 7.85. The van der Waals surface area contributed by atoms with E-state index in [0.29, 0.717) is 5.70 Å². The van der Waals surface area contributed by atoms with Crippen LogP contribution in [0.2, 0.25) is 0 Å². The summed E-state index contributed by atoms with van der Waals surface area (Å²) in [5, 5.41) is 22.2. The zero-order valence-electron chi connectivity index (χ0n) is 13.5. The van der Waals surface area contributed by atoms with Crippen LogP contribution in [0.15, 0.2) is 16.8 Å². The predicted molar refractivity (Wildman–Crippen MR) is 87.0 cm³/mol. The Hall–Kier alpha value is -1.28. The van der Waals surface area contributed by atoms with E-state index in [4.69, 9.17) is 10.8 Å². The van der Waals surface area contributed by atoms with Crippen LogP contribution in [-0.2, 0) is 4.79 Å². The summed E-state index contributed by atoms with van der Waals surface area (Å²) in [4.78, 5) is 17.6. The first-order valence-electron chi connectivity index (χ1n) is 7.85. The number of carboxylic acid groups (broad SMARTS) is 1. The molecule has 0 spiro atoms. The van der Waals surface area contributed by atoms with Gasteiger partial charge in [0.25, 0.3) is 0 Å². The van der Waals surface area contributed by atoms with E-state index < -0.39 is 18.1 Å². The highest BCUT2D eigenvalue weighted by Gasteiger charge is 2.26. The van der Waals surface area contributed by atoms with Crippen LogP contribution >= 0.6 is 0 Å². The maximum absolute atomic E-state index is 10.9. The molecule has 1 aliphatic heterocycles. The minimum atomic E-state index is -1.34. The van der Waals surface area contributed by atoms with Crippen molar-refractivity contribution in [1.29, 1.82) is 0 Å². The summed E-state index contributed by atoms with van der Waals surface area (Å²) in [6, 6.07) is -1.34. The van der Waals surface area contributed by atoms with Gasteiger partial charge in [0.1, 0.15) is 12.1 Å². The van der Waals surface area contributed by atoms with Crippen molar-refractivity contribution < 1.29 is 15.0 Å². The van der Waals surface area contributed by atoms with Gasteiger partial charge in [-0.05, 0) is 25.9 Å². The highest BCUT2D eigenvalue weighted by Crippen LogP contribution is 2.17. The van der Waals surface area contributed by atoms with Gasteiger partial charge in [0.05, 0.1) is 5.70 Å². The number of hydrogen-bond acceptors (Lipinski definition) is 6. The Bertz CT molecular complexity index is 423. The number of nitrogens with one attached hydrogen (secondary N) is 1. The zero-order chi connectivity index (χ0) is 16.5. The first kappa shape index (κ1) is 18.8. The summed E-state index contributed by atoms with van der Waals surface area (Å²) >= 11 is 0. The third-order valence-corrected chi connectivity index (χ3v) is 3.71. The van der Waals surface area contributed by atoms with Crippen LogP contribution in [-0.4, -0.2) is 71.7 Å². The van der Waals surface area contributed by atoms with E-state index in [2.05, 4.69) is 29.1 Å². The third kappa shape index (κ3) is 5.84. The van der Waals surface area contributed by atoms with E-state index in [-0.39, 0.29) is 0 Å². The molecular weight excluding hydrogens is 284 g/mol. The van der Waals surface area contributed by atoms with E-state index in [0.717, 1.165) is 51.3 Å². The Kier molecular flexibility index (Phi) is 8.26. The fraction of sp³-hybridized carbons (Fsp3) is 0.733. The number of carbonyl (C=O) groups is 1. The van der Waals surface area contributed by atoms with Gasteiger partial charge in [0.2, 0.25) is 0 Å². The van der Waals surface area contributed by atoms with Crippen molar-refractivity contribution in [1.82, 2.24) is 10.2 Å². The summed E-state index contributed by atoms with van der Waals surface area (Å²) in [5.74, 6) is -1.23. The lowest BCUT2D eigenvalue weighted by Gasteiger charge is -2.24. The molecule has 0 amide bonds. The molecule has 0 fully saturated rings. The molecule has 0 bridgehead atoms. The van der Waals surface area contributed by atoms with E-state index >= 15 is 0 Å². The molecule has 7 heteroatoms. The van der Waals surface area contributed by atoms with Crippen molar-refractivity contribution in [3.8, 4) is 0 Å². The van der Waals surface area contributed by atoms with Crippen LogP contribution in [0.5, 0.6) is 0 Å². The Morgan fingerprint density at radius 1 is 1.55 bits per heavy atom. The molecule has 1 aliphatic rings. The average molecular weight is 312 g/mol. The standard InChI is InChI=1S/C15H28N4O3/c1-3-17-8-9-19(4-2)10-11-6-5-7-12(18-11)14(20)13(16)15(21)22/h7,13-14,17,20H,3-6,8-10,16H2,1-2H3,(H,21,22). The lowest BCUT2D eigenvalue weighted by molar-refractivity contribution is -0.140. The maximum Gasteiger partial charge on any atom is 0.323 e. The average Bonchev–Trinajstić information content (AvgIpc) is 2.52. The van der Waals surface area contributed by atoms with Gasteiger partial charge >= 0.3 is 5.97 Å². The lowest BCUT2D eigenvalue weighted by Crippen LogP contribution is -2.43. The van der Waals surface area contributed by atoms with Gasteiger partial charge in [-0.25, -0.2) is 0 Å². The van der Waals surface area contributed by atoms with Crippen LogP contribution in [0, 0.1) is 0 Å². The van der Waals surface area contributed by atoms with Gasteiger partial charge in [0, 0.05) is 25.3 Å². The molecule has 0 aromatic rings. The zero-order valence-corrected chi connectivity index (χ0v) is 13.5. The molecule has 126 valence electrons. The number of likely N-dealkylation sites (N-methyl/N-ethyl adjacent to an activating group) is 2. The predicted octanol–water partition coefficient (Wildman–Crippen LogP) is -0.191. The quantitative estimate of drug-likeness (QED) is 0.416. The van der Waals surface area contributed by atoms with Crippen LogP contribution in [0.1, 0.15) is 26.7 Å². The third-order valence-electron chi connectivity index (χ3n) is 3.71. The summed E-state index contributed by atoms with van der Waals surface area (Å²) in [5.41, 5.74) is 6.81. The summed E-state index contributed by atoms with van der Waals surface area (Å²) < 4.78 is 0. The number of nitrogens with two attached hydrogens (primary N) is 1. The van der Waals surface area contributed by atoms with Crippen molar-refractivity contribution >= 4 is 11.7 Å². The molecule has 0 saturated carbocycles. The number of allylic oxidation sites excluding steroid dienone is 1. The monoisotopic (exact) mass is 312 g/mol. The molecule has 1 rings (SSSR count). The first-order chi connectivity index (χ1) is 10.5. The number of aliphatic hydroxyl groups is 1. The SMILES string of the molecule is CCNCCN(CC)CC1=NC(C(O)C(N)C(=O)O)=CCC1. The number of aliphatic hydroxyl groups excluding tert-OH is 1. The molecule has 2 unspecified atom stereocenters. The number of hydrogen-bond donors (Lipinski definition) is 4. The number of aliphatic carboxylic acids is 1. The molecular formula is C15H28N4O3. The molecule has 0 aromatic carbocycles.